The fraction of sp³-hybridized carbons (Fsp3) is 0.353. The zero-order chi connectivity index (χ0) is 16.8. The van der Waals surface area contributed by atoms with Crippen LogP contribution >= 0.6 is 0 Å². The Morgan fingerprint density at radius 1 is 1.22 bits per heavy atom. The highest BCUT2D eigenvalue weighted by Crippen LogP contribution is 2.19. The van der Waals surface area contributed by atoms with Crippen LogP contribution in [0.4, 0.5) is 11.6 Å². The summed E-state index contributed by atoms with van der Waals surface area (Å²) in [5.74, 6) is 0.173. The van der Waals surface area contributed by atoms with Crippen LogP contribution in [0.2, 0.25) is 0 Å². The van der Waals surface area contributed by atoms with Crippen LogP contribution < -0.4 is 10.6 Å². The van der Waals surface area contributed by atoms with E-state index in [-0.39, 0.29) is 5.91 Å². The van der Waals surface area contributed by atoms with E-state index in [9.17, 15) is 4.79 Å². The van der Waals surface area contributed by atoms with Gasteiger partial charge in [-0.3, -0.25) is 4.79 Å². The topological polar surface area (TPSA) is 76.1 Å². The van der Waals surface area contributed by atoms with Crippen molar-refractivity contribution in [3.8, 4) is 0 Å². The van der Waals surface area contributed by atoms with Gasteiger partial charge in [0.2, 0.25) is 5.95 Å². The molecular weight excluding hydrogens is 292 g/mol. The molecule has 0 fully saturated rings. The number of aromatic nitrogens is 2. The summed E-state index contributed by atoms with van der Waals surface area (Å²) in [5.41, 5.74) is 4.03. The average Bonchev–Trinajstić information content (AvgIpc) is 2.51. The summed E-state index contributed by atoms with van der Waals surface area (Å²) in [5, 5.41) is 5.95. The molecule has 23 heavy (non-hydrogen) atoms. The maximum Gasteiger partial charge on any atom is 0.274 e. The number of aryl methyl sites for hydroxylation is 2. The van der Waals surface area contributed by atoms with E-state index >= 15 is 0 Å². The Hall–Kier alpha value is -2.47. The maximum absolute atomic E-state index is 12.5. The Labute approximate surface area is 136 Å². The lowest BCUT2D eigenvalue weighted by molar-refractivity contribution is 0.102. The minimum atomic E-state index is -0.251. The lowest BCUT2D eigenvalue weighted by atomic mass is 10.1. The molecule has 0 aliphatic heterocycles. The molecule has 0 spiro atoms. The molecule has 2 N–H and O–H groups in total. The van der Waals surface area contributed by atoms with E-state index in [1.807, 2.05) is 39.0 Å². The Balaban J connectivity index is 2.17. The molecule has 6 nitrogen and oxygen atoms in total. The van der Waals surface area contributed by atoms with Gasteiger partial charge in [-0.05, 0) is 44.0 Å². The Morgan fingerprint density at radius 3 is 2.74 bits per heavy atom. The Morgan fingerprint density at radius 2 is 2.00 bits per heavy atom. The number of ether oxygens (including phenoxy) is 1. The first-order valence-electron chi connectivity index (χ1n) is 7.47. The maximum atomic E-state index is 12.5. The van der Waals surface area contributed by atoms with E-state index in [2.05, 4.69) is 20.6 Å². The molecule has 0 saturated heterocycles. The van der Waals surface area contributed by atoms with Crippen LogP contribution in [0.1, 0.15) is 27.3 Å². The van der Waals surface area contributed by atoms with Crippen molar-refractivity contribution in [1.82, 2.24) is 9.97 Å². The minimum absolute atomic E-state index is 0.251. The van der Waals surface area contributed by atoms with Gasteiger partial charge in [-0.2, -0.15) is 0 Å². The first-order chi connectivity index (χ1) is 11.0. The zero-order valence-corrected chi connectivity index (χ0v) is 13.9. The highest BCUT2D eigenvalue weighted by atomic mass is 16.5. The normalized spacial score (nSPS) is 10.4. The number of carbonyl (C=O) groups is 1. The van der Waals surface area contributed by atoms with Gasteiger partial charge in [-0.1, -0.05) is 12.1 Å². The minimum Gasteiger partial charge on any atom is -0.383 e. The molecule has 2 aromatic rings. The van der Waals surface area contributed by atoms with E-state index in [1.54, 1.807) is 13.2 Å². The van der Waals surface area contributed by atoms with Crippen molar-refractivity contribution in [2.45, 2.75) is 20.8 Å². The number of amides is 1. The number of benzene rings is 1. The largest absolute Gasteiger partial charge is 0.383 e. The number of methoxy groups -OCH3 is 1. The monoisotopic (exact) mass is 314 g/mol. The van der Waals surface area contributed by atoms with Gasteiger partial charge in [-0.25, -0.2) is 9.97 Å². The third-order valence-electron chi connectivity index (χ3n) is 3.53. The Kier molecular flexibility index (Phi) is 5.65. The van der Waals surface area contributed by atoms with Crippen LogP contribution in [-0.4, -0.2) is 36.1 Å². The van der Waals surface area contributed by atoms with Gasteiger partial charge in [0.25, 0.3) is 5.91 Å². The fourth-order valence-electron chi connectivity index (χ4n) is 2.10. The summed E-state index contributed by atoms with van der Waals surface area (Å²) in [4.78, 5) is 21.0. The van der Waals surface area contributed by atoms with E-state index in [4.69, 9.17) is 4.74 Å². The van der Waals surface area contributed by atoms with Crippen LogP contribution in [-0.2, 0) is 4.74 Å². The molecule has 0 atom stereocenters. The Bertz CT molecular complexity index is 701. The van der Waals surface area contributed by atoms with E-state index in [0.717, 1.165) is 22.5 Å². The quantitative estimate of drug-likeness (QED) is 0.802. The molecule has 0 aliphatic carbocycles. The second kappa shape index (κ2) is 7.69. The van der Waals surface area contributed by atoms with Gasteiger partial charge in [0.1, 0.15) is 5.69 Å². The molecule has 1 aromatic heterocycles. The number of nitrogens with zero attached hydrogens (tertiary/aromatic N) is 2. The first-order valence-corrected chi connectivity index (χ1v) is 7.47. The van der Waals surface area contributed by atoms with Crippen molar-refractivity contribution in [1.29, 1.82) is 0 Å². The third kappa shape index (κ3) is 4.50. The second-order valence-electron chi connectivity index (χ2n) is 5.34. The summed E-state index contributed by atoms with van der Waals surface area (Å²) in [6.07, 6.45) is 0. The number of hydrogen-bond acceptors (Lipinski definition) is 5. The van der Waals surface area contributed by atoms with Crippen molar-refractivity contribution in [2.24, 2.45) is 0 Å². The van der Waals surface area contributed by atoms with Gasteiger partial charge < -0.3 is 15.4 Å². The molecule has 0 bridgehead atoms. The van der Waals surface area contributed by atoms with Crippen LogP contribution in [0.25, 0.3) is 0 Å². The number of nitrogens with one attached hydrogen (secondary N) is 2. The van der Waals surface area contributed by atoms with Crippen molar-refractivity contribution in [3.05, 3.63) is 46.8 Å². The molecule has 122 valence electrons. The number of anilines is 2. The van der Waals surface area contributed by atoms with E-state index in [0.29, 0.717) is 24.8 Å². The molecule has 0 aliphatic rings. The number of carbonyl (C=O) groups excluding carboxylic acids is 1. The molecule has 1 amide bonds. The molecule has 0 unspecified atom stereocenters. The van der Waals surface area contributed by atoms with E-state index in [1.165, 1.54) is 0 Å². The van der Waals surface area contributed by atoms with Gasteiger partial charge in [0.05, 0.1) is 6.61 Å². The smallest absolute Gasteiger partial charge is 0.274 e. The van der Waals surface area contributed by atoms with Crippen molar-refractivity contribution in [3.63, 3.8) is 0 Å². The molecule has 1 aromatic carbocycles. The number of rotatable bonds is 6. The number of hydrogen-bond donors (Lipinski definition) is 2. The molecular formula is C17H22N4O2. The molecule has 1 heterocycles. The summed E-state index contributed by atoms with van der Waals surface area (Å²) >= 11 is 0. The standard InChI is InChI=1S/C17H22N4O2/c1-11-6-5-7-14(13(11)3)20-16(22)15-10-12(2)19-17(21-15)18-8-9-23-4/h5-7,10H,8-9H2,1-4H3,(H,20,22)(H,18,19,21). The SMILES string of the molecule is COCCNc1nc(C)cc(C(=O)Nc2cccc(C)c2C)n1. The molecule has 6 heteroatoms. The molecule has 0 radical (unpaired) electrons. The summed E-state index contributed by atoms with van der Waals surface area (Å²) < 4.78 is 4.98. The highest BCUT2D eigenvalue weighted by molar-refractivity contribution is 6.03. The predicted molar refractivity (Wildman–Crippen MR) is 91.0 cm³/mol. The van der Waals surface area contributed by atoms with Gasteiger partial charge in [-0.15, -0.1) is 0 Å². The van der Waals surface area contributed by atoms with Crippen LogP contribution in [0.3, 0.4) is 0 Å². The van der Waals surface area contributed by atoms with Gasteiger partial charge >= 0.3 is 0 Å². The van der Waals surface area contributed by atoms with E-state index < -0.39 is 0 Å². The van der Waals surface area contributed by atoms with Crippen molar-refractivity contribution in [2.75, 3.05) is 30.9 Å². The highest BCUT2D eigenvalue weighted by Gasteiger charge is 2.12. The first kappa shape index (κ1) is 16.9. The van der Waals surface area contributed by atoms with Crippen molar-refractivity contribution >= 4 is 17.5 Å². The van der Waals surface area contributed by atoms with Gasteiger partial charge in [0, 0.05) is 25.0 Å². The molecule has 2 rings (SSSR count). The lowest BCUT2D eigenvalue weighted by Gasteiger charge is -2.11. The fourth-order valence-corrected chi connectivity index (χ4v) is 2.10. The van der Waals surface area contributed by atoms with Gasteiger partial charge in [0.15, 0.2) is 0 Å². The molecule has 0 saturated carbocycles. The van der Waals surface area contributed by atoms with Crippen LogP contribution in [0.15, 0.2) is 24.3 Å². The summed E-state index contributed by atoms with van der Waals surface area (Å²) in [6.45, 7) is 6.95. The average molecular weight is 314 g/mol. The predicted octanol–water partition coefficient (Wildman–Crippen LogP) is 2.71. The summed E-state index contributed by atoms with van der Waals surface area (Å²) in [7, 11) is 1.63. The second-order valence-corrected chi connectivity index (χ2v) is 5.34. The summed E-state index contributed by atoms with van der Waals surface area (Å²) in [6, 6.07) is 7.48. The third-order valence-corrected chi connectivity index (χ3v) is 3.53. The van der Waals surface area contributed by atoms with Crippen LogP contribution in [0, 0.1) is 20.8 Å². The lowest BCUT2D eigenvalue weighted by Crippen LogP contribution is -2.18. The van der Waals surface area contributed by atoms with Crippen LogP contribution in [0.5, 0.6) is 0 Å². The zero-order valence-electron chi connectivity index (χ0n) is 13.9. The van der Waals surface area contributed by atoms with Crippen molar-refractivity contribution < 1.29 is 9.53 Å².